The summed E-state index contributed by atoms with van der Waals surface area (Å²) in [6, 6.07) is 6.13. The lowest BCUT2D eigenvalue weighted by Crippen LogP contribution is -2.56. The van der Waals surface area contributed by atoms with Gasteiger partial charge >= 0.3 is 12.1 Å². The van der Waals surface area contributed by atoms with Crippen LogP contribution in [0.15, 0.2) is 46.9 Å². The molecule has 1 saturated heterocycles. The second kappa shape index (κ2) is 12.3. The summed E-state index contributed by atoms with van der Waals surface area (Å²) in [6.45, 7) is 5.15. The predicted octanol–water partition coefficient (Wildman–Crippen LogP) is 3.51. The van der Waals surface area contributed by atoms with Crippen LogP contribution >= 0.6 is 0 Å². The van der Waals surface area contributed by atoms with Crippen molar-refractivity contribution in [3.8, 4) is 0 Å². The van der Waals surface area contributed by atoms with Crippen LogP contribution in [-0.4, -0.2) is 75.6 Å². The number of carboxylic acid groups (broad SMARTS) is 1. The molecule has 1 aliphatic carbocycles. The molecule has 3 aliphatic rings. The van der Waals surface area contributed by atoms with Crippen molar-refractivity contribution in [1.29, 1.82) is 0 Å². The lowest BCUT2D eigenvalue weighted by molar-refractivity contribution is -0.145. The van der Waals surface area contributed by atoms with E-state index >= 15 is 0 Å². The van der Waals surface area contributed by atoms with Crippen molar-refractivity contribution in [2.45, 2.75) is 95.0 Å². The molecule has 44 heavy (non-hydrogen) atoms. The van der Waals surface area contributed by atoms with E-state index in [2.05, 4.69) is 16.0 Å². The smallest absolute Gasteiger partial charge is 0.408 e. The van der Waals surface area contributed by atoms with Crippen molar-refractivity contribution < 1.29 is 38.2 Å². The van der Waals surface area contributed by atoms with Gasteiger partial charge < -0.3 is 35.1 Å². The maximum Gasteiger partial charge on any atom is 0.408 e. The number of ether oxygens (including phenoxy) is 1. The summed E-state index contributed by atoms with van der Waals surface area (Å²) in [7, 11) is 0. The van der Waals surface area contributed by atoms with Crippen molar-refractivity contribution in [2.24, 2.45) is 5.92 Å². The van der Waals surface area contributed by atoms with Gasteiger partial charge in [0.05, 0.1) is 0 Å². The second-order valence-electron chi connectivity index (χ2n) is 12.9. The summed E-state index contributed by atoms with van der Waals surface area (Å²) in [5.41, 5.74) is -1.69. The Morgan fingerprint density at radius 3 is 2.61 bits per heavy atom. The Kier molecular flexibility index (Phi) is 8.71. The minimum atomic E-state index is -1.45. The molecular formula is C32H40N4O8. The molecule has 5 atom stereocenters. The van der Waals surface area contributed by atoms with Gasteiger partial charge in [-0.2, -0.15) is 0 Å². The van der Waals surface area contributed by atoms with E-state index in [0.717, 1.165) is 24.6 Å². The SMILES string of the molecule is CC(C)(C)OC(=O)N[C@H]1CCCCC/C=C\[C@H]2C[C@@]2(C(=O)O)NC(=O)[C@@H]2C[C@@H](NC(=O)c3cc4ccccc4o3)CN2C1=O. The lowest BCUT2D eigenvalue weighted by atomic mass is 10.0. The molecule has 5 rings (SSSR count). The number of para-hydroxylation sites is 1. The van der Waals surface area contributed by atoms with Crippen molar-refractivity contribution in [3.05, 3.63) is 48.2 Å². The van der Waals surface area contributed by atoms with Crippen LogP contribution in [0.5, 0.6) is 0 Å². The highest BCUT2D eigenvalue weighted by Crippen LogP contribution is 2.45. The Labute approximate surface area is 255 Å². The van der Waals surface area contributed by atoms with Crippen molar-refractivity contribution >= 4 is 40.8 Å². The standard InChI is InChI=1S/C32H40N4O8/c1-31(2,3)44-30(42)34-22-13-8-6-4-5-7-12-20-17-32(20,29(40)41)35-26(37)23-16-21(18-36(23)28(22)39)33-27(38)25-15-19-11-9-10-14-24(19)43-25/h7,9-12,14-15,20-23H,4-6,8,13,16-18H2,1-3H3,(H,33,38)(H,34,42)(H,35,37)(H,40,41)/b12-7-/t20-,21+,22-,23-,32+/m0/s1. The Morgan fingerprint density at radius 2 is 1.89 bits per heavy atom. The highest BCUT2D eigenvalue weighted by molar-refractivity contribution is 5.98. The minimum Gasteiger partial charge on any atom is -0.479 e. The van der Waals surface area contributed by atoms with Gasteiger partial charge in [0.2, 0.25) is 11.8 Å². The van der Waals surface area contributed by atoms with Crippen molar-refractivity contribution in [1.82, 2.24) is 20.9 Å². The minimum absolute atomic E-state index is 0.0151. The number of hydrogen-bond acceptors (Lipinski definition) is 7. The average molecular weight is 609 g/mol. The third-order valence-electron chi connectivity index (χ3n) is 8.34. The van der Waals surface area contributed by atoms with E-state index in [9.17, 15) is 29.1 Å². The molecular weight excluding hydrogens is 568 g/mol. The number of nitrogens with one attached hydrogen (secondary N) is 3. The van der Waals surface area contributed by atoms with Gasteiger partial charge in [-0.05, 0) is 65.0 Å². The summed E-state index contributed by atoms with van der Waals surface area (Å²) in [5.74, 6) is -3.03. The zero-order valence-electron chi connectivity index (χ0n) is 25.3. The maximum atomic E-state index is 14.1. The van der Waals surface area contributed by atoms with Crippen LogP contribution in [0.1, 0.15) is 76.3 Å². The van der Waals surface area contributed by atoms with E-state index in [4.69, 9.17) is 9.15 Å². The second-order valence-corrected chi connectivity index (χ2v) is 12.9. The molecule has 236 valence electrons. The zero-order chi connectivity index (χ0) is 31.6. The van der Waals surface area contributed by atoms with Gasteiger partial charge in [-0.3, -0.25) is 14.4 Å². The number of aliphatic carboxylic acids is 1. The molecule has 0 unspecified atom stereocenters. The van der Waals surface area contributed by atoms with Crippen LogP contribution in [0.4, 0.5) is 4.79 Å². The molecule has 4 N–H and O–H groups in total. The fraction of sp³-hybridized carbons (Fsp3) is 0.531. The monoisotopic (exact) mass is 608 g/mol. The predicted molar refractivity (Wildman–Crippen MR) is 160 cm³/mol. The Morgan fingerprint density at radius 1 is 1.11 bits per heavy atom. The largest absolute Gasteiger partial charge is 0.479 e. The number of fused-ring (bicyclic) bond motifs is 3. The maximum absolute atomic E-state index is 14.1. The summed E-state index contributed by atoms with van der Waals surface area (Å²) in [5, 5.41) is 19.1. The van der Waals surface area contributed by atoms with Crippen LogP contribution < -0.4 is 16.0 Å². The molecule has 0 spiro atoms. The quantitative estimate of drug-likeness (QED) is 0.383. The number of carboxylic acids is 1. The van der Waals surface area contributed by atoms with E-state index in [1.807, 2.05) is 24.3 Å². The first-order valence-electron chi connectivity index (χ1n) is 15.2. The molecule has 3 heterocycles. The summed E-state index contributed by atoms with van der Waals surface area (Å²) >= 11 is 0. The molecule has 2 fully saturated rings. The number of benzene rings is 1. The average Bonchev–Trinajstić information content (AvgIpc) is 3.27. The third-order valence-corrected chi connectivity index (χ3v) is 8.34. The van der Waals surface area contributed by atoms with E-state index < -0.39 is 59.0 Å². The number of amides is 4. The van der Waals surface area contributed by atoms with Crippen LogP contribution in [0.25, 0.3) is 11.0 Å². The summed E-state index contributed by atoms with van der Waals surface area (Å²) in [6.07, 6.45) is 6.64. The summed E-state index contributed by atoms with van der Waals surface area (Å²) < 4.78 is 11.1. The summed E-state index contributed by atoms with van der Waals surface area (Å²) in [4.78, 5) is 67.3. The first-order valence-corrected chi connectivity index (χ1v) is 15.2. The number of rotatable bonds is 4. The van der Waals surface area contributed by atoms with E-state index in [-0.39, 0.29) is 31.1 Å². The number of alkyl carbamates (subject to hydrolysis) is 1. The molecule has 12 nitrogen and oxygen atoms in total. The number of carbonyl (C=O) groups is 5. The molecule has 12 heteroatoms. The van der Waals surface area contributed by atoms with Crippen LogP contribution in [-0.2, 0) is 19.1 Å². The van der Waals surface area contributed by atoms with Gasteiger partial charge in [0.15, 0.2) is 5.76 Å². The van der Waals surface area contributed by atoms with Gasteiger partial charge in [-0.25, -0.2) is 9.59 Å². The Balaban J connectivity index is 1.40. The Hall–Kier alpha value is -4.35. The topological polar surface area (TPSA) is 167 Å². The normalized spacial score (nSPS) is 28.5. The van der Waals surface area contributed by atoms with Gasteiger partial charge in [0.1, 0.15) is 28.8 Å². The molecule has 2 aromatic rings. The van der Waals surface area contributed by atoms with E-state index in [1.54, 1.807) is 39.0 Å². The number of nitrogens with zero attached hydrogens (tertiary/aromatic N) is 1. The van der Waals surface area contributed by atoms with Crippen LogP contribution in [0, 0.1) is 5.92 Å². The van der Waals surface area contributed by atoms with Crippen molar-refractivity contribution in [2.75, 3.05) is 6.54 Å². The number of hydrogen-bond donors (Lipinski definition) is 4. The van der Waals surface area contributed by atoms with Gasteiger partial charge in [-0.15, -0.1) is 0 Å². The number of allylic oxidation sites excluding steroid dienone is 1. The van der Waals surface area contributed by atoms with Crippen molar-refractivity contribution in [3.63, 3.8) is 0 Å². The molecule has 2 aliphatic heterocycles. The lowest BCUT2D eigenvalue weighted by Gasteiger charge is -2.30. The molecule has 1 saturated carbocycles. The first-order chi connectivity index (χ1) is 20.9. The molecule has 4 amide bonds. The fourth-order valence-corrected chi connectivity index (χ4v) is 6.00. The molecule has 1 aromatic heterocycles. The molecule has 0 radical (unpaired) electrons. The number of carbonyl (C=O) groups excluding carboxylic acids is 4. The van der Waals surface area contributed by atoms with Gasteiger partial charge in [-0.1, -0.05) is 43.2 Å². The third kappa shape index (κ3) is 6.89. The number of furan rings is 1. The highest BCUT2D eigenvalue weighted by Gasteiger charge is 2.61. The molecule has 1 aromatic carbocycles. The fourth-order valence-electron chi connectivity index (χ4n) is 6.00. The highest BCUT2D eigenvalue weighted by atomic mass is 16.6. The van der Waals surface area contributed by atoms with Crippen LogP contribution in [0.2, 0.25) is 0 Å². The van der Waals surface area contributed by atoms with E-state index in [0.29, 0.717) is 18.4 Å². The van der Waals surface area contributed by atoms with Gasteiger partial charge in [0, 0.05) is 23.9 Å². The first kappa shape index (κ1) is 31.1. The molecule has 0 bridgehead atoms. The zero-order valence-corrected chi connectivity index (χ0v) is 25.3. The van der Waals surface area contributed by atoms with E-state index in [1.165, 1.54) is 4.90 Å². The van der Waals surface area contributed by atoms with Crippen LogP contribution in [0.3, 0.4) is 0 Å². The van der Waals surface area contributed by atoms with Gasteiger partial charge in [0.25, 0.3) is 5.91 Å². The Bertz CT molecular complexity index is 1440.